The summed E-state index contributed by atoms with van der Waals surface area (Å²) in [4.78, 5) is 27.4. The number of hydrogen-bond acceptors (Lipinski definition) is 8. The summed E-state index contributed by atoms with van der Waals surface area (Å²) < 4.78 is 12.4. The third-order valence-electron chi connectivity index (χ3n) is 4.98. The summed E-state index contributed by atoms with van der Waals surface area (Å²) >= 11 is 0. The number of imidazole rings is 1. The monoisotopic (exact) mass is 408 g/mol. The second-order valence-electron chi connectivity index (χ2n) is 7.26. The molecule has 1 atom stereocenters. The van der Waals surface area contributed by atoms with Crippen molar-refractivity contribution in [2.75, 3.05) is 18.7 Å². The number of carbonyl (C=O) groups excluding carboxylic acids is 1. The molecule has 1 aliphatic heterocycles. The molecule has 0 fully saturated rings. The fraction of sp³-hybridized carbons (Fsp3) is 0.333. The molecule has 0 aliphatic carbocycles. The maximum atomic E-state index is 12.5. The van der Waals surface area contributed by atoms with E-state index in [1.807, 2.05) is 43.1 Å². The Bertz CT molecular complexity index is 1040. The Morgan fingerprint density at radius 1 is 1.27 bits per heavy atom. The van der Waals surface area contributed by atoms with Gasteiger partial charge in [-0.2, -0.15) is 4.98 Å². The number of benzene rings is 1. The van der Waals surface area contributed by atoms with Crippen LogP contribution in [0.5, 0.6) is 11.5 Å². The Morgan fingerprint density at radius 2 is 2.10 bits per heavy atom. The smallest absolute Gasteiger partial charge is 0.237 e. The van der Waals surface area contributed by atoms with Gasteiger partial charge in [0.25, 0.3) is 0 Å². The molecule has 2 aromatic heterocycles. The lowest BCUT2D eigenvalue weighted by molar-refractivity contribution is -0.118. The van der Waals surface area contributed by atoms with Crippen LogP contribution in [0.4, 0.5) is 5.82 Å². The van der Waals surface area contributed by atoms with E-state index in [1.165, 1.54) is 0 Å². The molecule has 2 N–H and O–H groups in total. The zero-order chi connectivity index (χ0) is 21.1. The Hall–Kier alpha value is -3.46. The van der Waals surface area contributed by atoms with Crippen LogP contribution in [-0.2, 0) is 11.2 Å². The van der Waals surface area contributed by atoms with Crippen molar-refractivity contribution in [2.24, 2.45) is 5.73 Å². The van der Waals surface area contributed by atoms with Gasteiger partial charge in [0.05, 0.1) is 6.17 Å². The highest BCUT2D eigenvalue weighted by atomic mass is 16.7. The Morgan fingerprint density at radius 3 is 2.90 bits per heavy atom. The van der Waals surface area contributed by atoms with Gasteiger partial charge in [-0.1, -0.05) is 6.07 Å². The molecule has 9 heteroatoms. The average Bonchev–Trinajstić information content (AvgIpc) is 3.42. The van der Waals surface area contributed by atoms with Crippen molar-refractivity contribution in [1.29, 1.82) is 0 Å². The first kappa shape index (κ1) is 19.8. The third-order valence-corrected chi connectivity index (χ3v) is 4.98. The number of carbonyl (C=O) groups is 1. The number of aromatic nitrogens is 4. The van der Waals surface area contributed by atoms with Crippen molar-refractivity contribution in [3.05, 3.63) is 54.2 Å². The largest absolute Gasteiger partial charge is 0.454 e. The molecular weight excluding hydrogens is 384 g/mol. The van der Waals surface area contributed by atoms with Gasteiger partial charge in [-0.05, 0) is 31.0 Å². The lowest BCUT2D eigenvalue weighted by Gasteiger charge is -2.26. The first-order valence-corrected chi connectivity index (χ1v) is 9.72. The van der Waals surface area contributed by atoms with Gasteiger partial charge in [0.15, 0.2) is 11.5 Å². The number of aryl methyl sites for hydroxylation is 1. The third kappa shape index (κ3) is 4.41. The first-order chi connectivity index (χ1) is 14.5. The van der Waals surface area contributed by atoms with Crippen LogP contribution in [0.15, 0.2) is 43.0 Å². The van der Waals surface area contributed by atoms with E-state index >= 15 is 0 Å². The van der Waals surface area contributed by atoms with Gasteiger partial charge in [-0.25, -0.2) is 9.97 Å². The van der Waals surface area contributed by atoms with E-state index in [4.69, 9.17) is 15.2 Å². The number of nitrogens with two attached hydrogens (primary N) is 1. The first-order valence-electron chi connectivity index (χ1n) is 9.72. The van der Waals surface area contributed by atoms with Crippen molar-refractivity contribution in [3.8, 4) is 17.4 Å². The second-order valence-corrected chi connectivity index (χ2v) is 7.26. The summed E-state index contributed by atoms with van der Waals surface area (Å²) in [6.07, 6.45) is 5.98. The topological polar surface area (TPSA) is 108 Å². The number of nitrogens with zero attached hydrogens (tertiary/aromatic N) is 5. The SMILES string of the molecule is Cc1cc(N(C)C(N)CCC(=O)Cc2ccc3c(c2)OCO3)nc(-n2ccnc2)n1. The minimum Gasteiger partial charge on any atom is -0.454 e. The van der Waals surface area contributed by atoms with Crippen molar-refractivity contribution in [3.63, 3.8) is 0 Å². The van der Waals surface area contributed by atoms with Crippen LogP contribution in [0.1, 0.15) is 24.1 Å². The number of rotatable bonds is 8. The highest BCUT2D eigenvalue weighted by Crippen LogP contribution is 2.32. The highest BCUT2D eigenvalue weighted by Gasteiger charge is 2.17. The molecule has 0 bridgehead atoms. The normalized spacial score (nSPS) is 13.3. The van der Waals surface area contributed by atoms with Gasteiger partial charge < -0.3 is 20.1 Å². The van der Waals surface area contributed by atoms with E-state index in [9.17, 15) is 4.79 Å². The lowest BCUT2D eigenvalue weighted by Crippen LogP contribution is -2.40. The summed E-state index contributed by atoms with van der Waals surface area (Å²) in [5, 5.41) is 0. The summed E-state index contributed by atoms with van der Waals surface area (Å²) in [6, 6.07) is 7.45. The number of Topliss-reactive ketones (excluding diaryl/α,β-unsaturated/α-hetero) is 1. The Balaban J connectivity index is 1.35. The van der Waals surface area contributed by atoms with Gasteiger partial charge in [0, 0.05) is 44.0 Å². The van der Waals surface area contributed by atoms with Crippen LogP contribution < -0.4 is 20.1 Å². The summed E-state index contributed by atoms with van der Waals surface area (Å²) in [6.45, 7) is 2.12. The van der Waals surface area contributed by atoms with Crippen LogP contribution in [-0.4, -0.2) is 45.3 Å². The predicted octanol–water partition coefficient (Wildman–Crippen LogP) is 2.01. The fourth-order valence-corrected chi connectivity index (χ4v) is 3.25. The minimum atomic E-state index is -0.351. The number of fused-ring (bicyclic) bond motifs is 1. The van der Waals surface area contributed by atoms with Gasteiger partial charge in [0.1, 0.15) is 17.9 Å². The number of ketones is 1. The molecule has 1 aromatic carbocycles. The highest BCUT2D eigenvalue weighted by molar-refractivity contribution is 5.81. The molecule has 1 aliphatic rings. The van der Waals surface area contributed by atoms with Crippen LogP contribution in [0.25, 0.3) is 5.95 Å². The van der Waals surface area contributed by atoms with Crippen LogP contribution in [0.2, 0.25) is 0 Å². The van der Waals surface area contributed by atoms with E-state index < -0.39 is 0 Å². The Labute approximate surface area is 174 Å². The van der Waals surface area contributed by atoms with E-state index in [0.717, 1.165) is 11.3 Å². The van der Waals surface area contributed by atoms with Crippen molar-refractivity contribution in [2.45, 2.75) is 32.4 Å². The van der Waals surface area contributed by atoms with E-state index in [1.54, 1.807) is 23.3 Å². The summed E-state index contributed by atoms with van der Waals surface area (Å²) in [7, 11) is 1.87. The van der Waals surface area contributed by atoms with Crippen LogP contribution >= 0.6 is 0 Å². The van der Waals surface area contributed by atoms with Gasteiger partial charge in [-0.15, -0.1) is 0 Å². The van der Waals surface area contributed by atoms with E-state index in [2.05, 4.69) is 15.0 Å². The minimum absolute atomic E-state index is 0.121. The number of hydrogen-bond donors (Lipinski definition) is 1. The van der Waals surface area contributed by atoms with Gasteiger partial charge >= 0.3 is 0 Å². The zero-order valence-corrected chi connectivity index (χ0v) is 17.0. The molecule has 3 heterocycles. The molecule has 30 heavy (non-hydrogen) atoms. The Kier molecular flexibility index (Phi) is 5.62. The van der Waals surface area contributed by atoms with Crippen molar-refractivity contribution < 1.29 is 14.3 Å². The zero-order valence-electron chi connectivity index (χ0n) is 17.0. The molecule has 0 saturated heterocycles. The van der Waals surface area contributed by atoms with Gasteiger partial charge in [-0.3, -0.25) is 9.36 Å². The quantitative estimate of drug-likeness (QED) is 0.564. The second kappa shape index (κ2) is 8.50. The van der Waals surface area contributed by atoms with Crippen LogP contribution in [0, 0.1) is 6.92 Å². The molecule has 0 radical (unpaired) electrons. The molecule has 156 valence electrons. The molecule has 0 spiro atoms. The maximum absolute atomic E-state index is 12.5. The molecule has 0 amide bonds. The average molecular weight is 408 g/mol. The summed E-state index contributed by atoms with van der Waals surface area (Å²) in [5.74, 6) is 2.74. The van der Waals surface area contributed by atoms with Crippen LogP contribution in [0.3, 0.4) is 0 Å². The van der Waals surface area contributed by atoms with Gasteiger partial charge in [0.2, 0.25) is 12.7 Å². The lowest BCUT2D eigenvalue weighted by atomic mass is 10.0. The number of ether oxygens (including phenoxy) is 2. The molecule has 0 saturated carbocycles. The molecule has 9 nitrogen and oxygen atoms in total. The standard InChI is InChI=1S/C21H24N6O3/c1-14-9-20(25-21(24-14)27-8-7-23-12-27)26(2)19(22)6-4-16(28)10-15-3-5-17-18(11-15)30-13-29-17/h3,5,7-9,11-12,19H,4,6,10,13,22H2,1-2H3. The number of anilines is 1. The predicted molar refractivity (Wildman–Crippen MR) is 111 cm³/mol. The molecular formula is C21H24N6O3. The fourth-order valence-electron chi connectivity index (χ4n) is 3.25. The maximum Gasteiger partial charge on any atom is 0.237 e. The van der Waals surface area contributed by atoms with E-state index in [0.29, 0.717) is 42.5 Å². The summed E-state index contributed by atoms with van der Waals surface area (Å²) in [5.41, 5.74) is 8.07. The van der Waals surface area contributed by atoms with Crippen molar-refractivity contribution >= 4 is 11.6 Å². The molecule has 4 rings (SSSR count). The molecule has 3 aromatic rings. The molecule has 1 unspecified atom stereocenters. The van der Waals surface area contributed by atoms with Crippen molar-refractivity contribution in [1.82, 2.24) is 19.5 Å². The van der Waals surface area contributed by atoms with E-state index in [-0.39, 0.29) is 18.7 Å².